The average Bonchev–Trinajstić information content (AvgIpc) is 2.57. The summed E-state index contributed by atoms with van der Waals surface area (Å²) in [6.07, 6.45) is 4.66. The zero-order chi connectivity index (χ0) is 19.2. The summed E-state index contributed by atoms with van der Waals surface area (Å²) in [4.78, 5) is 17.6. The highest BCUT2D eigenvalue weighted by Crippen LogP contribution is 2.11. The molecule has 0 bridgehead atoms. The Hall–Kier alpha value is -1.21. The van der Waals surface area contributed by atoms with Gasteiger partial charge in [-0.3, -0.25) is 4.99 Å². The van der Waals surface area contributed by atoms with Gasteiger partial charge in [-0.05, 0) is 26.8 Å². The van der Waals surface area contributed by atoms with E-state index in [0.717, 1.165) is 50.9 Å². The van der Waals surface area contributed by atoms with E-state index in [-0.39, 0.29) is 24.0 Å². The van der Waals surface area contributed by atoms with Gasteiger partial charge in [0.15, 0.2) is 5.96 Å². The van der Waals surface area contributed by atoms with E-state index in [2.05, 4.69) is 34.8 Å². The van der Waals surface area contributed by atoms with E-state index in [0.29, 0.717) is 6.54 Å². The predicted molar refractivity (Wildman–Crippen MR) is 119 cm³/mol. The Bertz CT molecular complexity index is 705. The van der Waals surface area contributed by atoms with Gasteiger partial charge in [0, 0.05) is 50.7 Å². The number of hydrogen-bond donors (Lipinski definition) is 2. The molecule has 0 amide bonds. The Balaban J connectivity index is 0.00000364. The number of hydrogen-bond acceptors (Lipinski definition) is 6. The normalized spacial score (nSPS) is 16.1. The van der Waals surface area contributed by atoms with Gasteiger partial charge in [0.05, 0.1) is 12.8 Å². The van der Waals surface area contributed by atoms with Gasteiger partial charge in [0.1, 0.15) is 0 Å². The monoisotopic (exact) mass is 511 g/mol. The highest BCUT2D eigenvalue weighted by atomic mass is 127. The minimum absolute atomic E-state index is 0. The lowest BCUT2D eigenvalue weighted by Gasteiger charge is -2.36. The average molecular weight is 511 g/mol. The molecular weight excluding hydrogens is 481 g/mol. The van der Waals surface area contributed by atoms with Crippen LogP contribution in [0.15, 0.2) is 23.5 Å². The van der Waals surface area contributed by atoms with E-state index in [4.69, 9.17) is 0 Å². The van der Waals surface area contributed by atoms with Crippen molar-refractivity contribution in [3.63, 3.8) is 0 Å². The molecule has 0 atom stereocenters. The second-order valence-corrected chi connectivity index (χ2v) is 8.70. The Morgan fingerprint density at radius 2 is 1.81 bits per heavy atom. The molecule has 0 radical (unpaired) electrons. The van der Waals surface area contributed by atoms with E-state index < -0.39 is 15.6 Å². The smallest absolute Gasteiger partial charge is 0.225 e. The molecule has 2 rings (SSSR count). The second-order valence-electron chi connectivity index (χ2n) is 6.95. The van der Waals surface area contributed by atoms with Crippen molar-refractivity contribution in [3.05, 3.63) is 18.5 Å². The summed E-state index contributed by atoms with van der Waals surface area (Å²) in [5.74, 6) is 1.54. The number of sulfonamides is 1. The zero-order valence-corrected chi connectivity index (χ0v) is 19.5. The molecule has 2 N–H and O–H groups in total. The number of guanidine groups is 1. The van der Waals surface area contributed by atoms with Gasteiger partial charge in [-0.25, -0.2) is 23.1 Å². The lowest BCUT2D eigenvalue weighted by atomic mass is 10.1. The molecule has 1 fully saturated rings. The van der Waals surface area contributed by atoms with Crippen LogP contribution in [0.3, 0.4) is 0 Å². The summed E-state index contributed by atoms with van der Waals surface area (Å²) in [5.41, 5.74) is -0.645. The predicted octanol–water partition coefficient (Wildman–Crippen LogP) is 0.510. The first kappa shape index (κ1) is 23.8. The Morgan fingerprint density at radius 1 is 1.22 bits per heavy atom. The van der Waals surface area contributed by atoms with Crippen LogP contribution in [-0.2, 0) is 10.0 Å². The summed E-state index contributed by atoms with van der Waals surface area (Å²) in [5, 5.41) is 3.29. The van der Waals surface area contributed by atoms with E-state index in [1.54, 1.807) is 12.4 Å². The topological polar surface area (TPSA) is 103 Å². The summed E-state index contributed by atoms with van der Waals surface area (Å²) in [6, 6.07) is 1.81. The van der Waals surface area contributed by atoms with Gasteiger partial charge in [0.2, 0.25) is 16.0 Å². The number of piperazine rings is 1. The molecule has 11 heteroatoms. The Labute approximate surface area is 179 Å². The van der Waals surface area contributed by atoms with E-state index in [9.17, 15) is 8.42 Å². The van der Waals surface area contributed by atoms with Gasteiger partial charge in [-0.2, -0.15) is 0 Å². The molecule has 1 saturated heterocycles. The minimum Gasteiger partial charge on any atom is -0.357 e. The van der Waals surface area contributed by atoms with E-state index >= 15 is 0 Å². The van der Waals surface area contributed by atoms with Crippen molar-refractivity contribution >= 4 is 45.9 Å². The lowest BCUT2D eigenvalue weighted by molar-refractivity contribution is 0.367. The van der Waals surface area contributed by atoms with Crippen LogP contribution in [0.1, 0.15) is 20.8 Å². The maximum absolute atomic E-state index is 11.5. The summed E-state index contributed by atoms with van der Waals surface area (Å²) in [7, 11) is -3.28. The highest BCUT2D eigenvalue weighted by Gasteiger charge is 2.24. The maximum atomic E-state index is 11.5. The summed E-state index contributed by atoms with van der Waals surface area (Å²) in [6.45, 7) is 9.97. The lowest BCUT2D eigenvalue weighted by Crippen LogP contribution is -2.53. The van der Waals surface area contributed by atoms with Crippen molar-refractivity contribution in [2.75, 3.05) is 50.4 Å². The molecule has 154 valence electrons. The third-order valence-electron chi connectivity index (χ3n) is 3.83. The van der Waals surface area contributed by atoms with Crippen LogP contribution in [0.2, 0.25) is 0 Å². The fraction of sp³-hybridized carbons (Fsp3) is 0.688. The standard InChI is InChI=1S/C16H29N7O2S.HI/c1-5-17-14(20-13-16(2,3)21-26(4,24)25)22-9-11-23(12-10-22)15-18-7-6-8-19-15;/h6-8,21H,5,9-13H2,1-4H3,(H,17,20);1H. The molecule has 0 unspecified atom stereocenters. The van der Waals surface area contributed by atoms with Crippen LogP contribution < -0.4 is 14.9 Å². The van der Waals surface area contributed by atoms with Crippen molar-refractivity contribution in [3.8, 4) is 0 Å². The third kappa shape index (κ3) is 8.13. The van der Waals surface area contributed by atoms with Crippen LogP contribution in [0.4, 0.5) is 5.95 Å². The molecule has 9 nitrogen and oxygen atoms in total. The molecule has 0 aromatic carbocycles. The second kappa shape index (κ2) is 10.4. The van der Waals surface area contributed by atoms with Crippen LogP contribution in [0.5, 0.6) is 0 Å². The summed E-state index contributed by atoms with van der Waals surface area (Å²) >= 11 is 0. The molecule has 1 aliphatic heterocycles. The van der Waals surface area contributed by atoms with Gasteiger partial charge in [-0.15, -0.1) is 24.0 Å². The number of aromatic nitrogens is 2. The van der Waals surface area contributed by atoms with Gasteiger partial charge < -0.3 is 15.1 Å². The molecule has 1 aromatic heterocycles. The fourth-order valence-electron chi connectivity index (χ4n) is 2.81. The number of rotatable bonds is 6. The molecule has 2 heterocycles. The minimum atomic E-state index is -3.28. The van der Waals surface area contributed by atoms with Gasteiger partial charge in [0.25, 0.3) is 0 Å². The number of halogens is 1. The Kier molecular flexibility index (Phi) is 9.15. The first-order valence-corrected chi connectivity index (χ1v) is 10.6. The highest BCUT2D eigenvalue weighted by molar-refractivity contribution is 14.0. The van der Waals surface area contributed by atoms with Crippen molar-refractivity contribution < 1.29 is 8.42 Å². The molecule has 1 aliphatic rings. The number of aliphatic imine (C=N–C) groups is 1. The largest absolute Gasteiger partial charge is 0.357 e. The molecule has 27 heavy (non-hydrogen) atoms. The van der Waals surface area contributed by atoms with E-state index in [1.807, 2.05) is 26.8 Å². The van der Waals surface area contributed by atoms with E-state index in [1.165, 1.54) is 0 Å². The van der Waals surface area contributed by atoms with Gasteiger partial charge >= 0.3 is 0 Å². The van der Waals surface area contributed by atoms with Crippen LogP contribution in [0.25, 0.3) is 0 Å². The number of anilines is 1. The van der Waals surface area contributed by atoms with Crippen LogP contribution in [-0.4, -0.2) is 80.3 Å². The van der Waals surface area contributed by atoms with Crippen molar-refractivity contribution in [1.82, 2.24) is 24.9 Å². The Morgan fingerprint density at radius 3 is 2.33 bits per heavy atom. The van der Waals surface area contributed by atoms with Gasteiger partial charge in [-0.1, -0.05) is 0 Å². The number of nitrogens with zero attached hydrogens (tertiary/aromatic N) is 5. The van der Waals surface area contributed by atoms with Crippen LogP contribution >= 0.6 is 24.0 Å². The first-order valence-electron chi connectivity index (χ1n) is 8.74. The van der Waals surface area contributed by atoms with Crippen LogP contribution in [0, 0.1) is 0 Å². The molecule has 0 saturated carbocycles. The molecule has 1 aromatic rings. The quantitative estimate of drug-likeness (QED) is 0.326. The molecular formula is C16H30IN7O2S. The maximum Gasteiger partial charge on any atom is 0.225 e. The zero-order valence-electron chi connectivity index (χ0n) is 16.3. The van der Waals surface area contributed by atoms with Crippen molar-refractivity contribution in [1.29, 1.82) is 0 Å². The van der Waals surface area contributed by atoms with Crippen molar-refractivity contribution in [2.24, 2.45) is 4.99 Å². The first-order chi connectivity index (χ1) is 12.2. The SMILES string of the molecule is CCNC(=NCC(C)(C)NS(C)(=O)=O)N1CCN(c2ncccn2)CC1.I. The number of nitrogens with one attached hydrogen (secondary N) is 2. The molecule has 0 spiro atoms. The summed E-state index contributed by atoms with van der Waals surface area (Å²) < 4.78 is 25.6. The van der Waals surface area contributed by atoms with Crippen molar-refractivity contribution in [2.45, 2.75) is 26.3 Å². The fourth-order valence-corrected chi connectivity index (χ4v) is 3.87. The molecule has 0 aliphatic carbocycles. The third-order valence-corrected chi connectivity index (χ3v) is 4.76.